The van der Waals surface area contributed by atoms with Gasteiger partial charge in [0, 0.05) is 26.2 Å². The Morgan fingerprint density at radius 3 is 2.53 bits per heavy atom. The first kappa shape index (κ1) is 16.4. The molecule has 0 aromatic rings. The van der Waals surface area contributed by atoms with Crippen molar-refractivity contribution in [1.29, 1.82) is 0 Å². The predicted molar refractivity (Wildman–Crippen MR) is 78.1 cm³/mol. The number of methoxy groups -OCH3 is 1. The minimum atomic E-state index is -0.225. The summed E-state index contributed by atoms with van der Waals surface area (Å²) in [7, 11) is 1.69. The molecule has 1 heterocycles. The summed E-state index contributed by atoms with van der Waals surface area (Å²) in [4.78, 5) is 15.1. The number of ether oxygens (including phenoxy) is 1. The maximum absolute atomic E-state index is 13.0. The highest BCUT2D eigenvalue weighted by Crippen LogP contribution is 2.36. The Hall–Kier alpha value is -0.610. The molecule has 19 heavy (non-hydrogen) atoms. The number of carbonyl (C=O) groups is 1. The van der Waals surface area contributed by atoms with Crippen molar-refractivity contribution in [1.82, 2.24) is 10.2 Å². The summed E-state index contributed by atoms with van der Waals surface area (Å²) >= 11 is 0. The summed E-state index contributed by atoms with van der Waals surface area (Å²) in [6, 6.07) is 0.277. The van der Waals surface area contributed by atoms with Crippen LogP contribution < -0.4 is 5.32 Å². The normalized spacial score (nSPS) is 24.7. The molecular weight excluding hydrogens is 240 g/mol. The molecule has 0 radical (unpaired) electrons. The average molecular weight is 270 g/mol. The minimum Gasteiger partial charge on any atom is -0.383 e. The van der Waals surface area contributed by atoms with Gasteiger partial charge in [0.15, 0.2) is 0 Å². The Kier molecular flexibility index (Phi) is 6.27. The number of carbonyl (C=O) groups excluding carboxylic acids is 1. The zero-order chi connectivity index (χ0) is 14.5. The van der Waals surface area contributed by atoms with Crippen molar-refractivity contribution in [3.8, 4) is 0 Å². The van der Waals surface area contributed by atoms with Crippen LogP contribution in [-0.2, 0) is 9.53 Å². The van der Waals surface area contributed by atoms with E-state index in [2.05, 4.69) is 33.0 Å². The zero-order valence-electron chi connectivity index (χ0n) is 13.2. The van der Waals surface area contributed by atoms with Crippen LogP contribution in [0.25, 0.3) is 0 Å². The monoisotopic (exact) mass is 270 g/mol. The molecule has 1 N–H and O–H groups in total. The van der Waals surface area contributed by atoms with E-state index in [9.17, 15) is 4.79 Å². The molecule has 0 aromatic heterocycles. The van der Waals surface area contributed by atoms with E-state index >= 15 is 0 Å². The third-order valence-corrected chi connectivity index (χ3v) is 4.64. The van der Waals surface area contributed by atoms with Gasteiger partial charge in [-0.15, -0.1) is 0 Å². The topological polar surface area (TPSA) is 41.6 Å². The van der Waals surface area contributed by atoms with Gasteiger partial charge in [0.05, 0.1) is 12.0 Å². The number of hydrogen-bond donors (Lipinski definition) is 1. The van der Waals surface area contributed by atoms with Crippen molar-refractivity contribution in [3.63, 3.8) is 0 Å². The Balaban J connectivity index is 2.89. The molecular formula is C15H30N2O2. The first-order valence-electron chi connectivity index (χ1n) is 7.50. The van der Waals surface area contributed by atoms with Gasteiger partial charge in [0.1, 0.15) is 0 Å². The van der Waals surface area contributed by atoms with Crippen LogP contribution in [0.1, 0.15) is 40.5 Å². The van der Waals surface area contributed by atoms with Gasteiger partial charge in [0.2, 0.25) is 5.91 Å². The number of rotatable bonds is 7. The van der Waals surface area contributed by atoms with Gasteiger partial charge < -0.3 is 15.0 Å². The third-order valence-electron chi connectivity index (χ3n) is 4.64. The number of nitrogens with zero attached hydrogens (tertiary/aromatic N) is 1. The van der Waals surface area contributed by atoms with Crippen molar-refractivity contribution >= 4 is 5.91 Å². The Labute approximate surface area is 117 Å². The minimum absolute atomic E-state index is 0.225. The fourth-order valence-corrected chi connectivity index (χ4v) is 2.85. The Bertz CT molecular complexity index is 286. The first-order valence-corrected chi connectivity index (χ1v) is 7.50. The molecule has 0 spiro atoms. The number of amides is 1. The van der Waals surface area contributed by atoms with Crippen molar-refractivity contribution in [2.24, 2.45) is 11.3 Å². The van der Waals surface area contributed by atoms with Crippen LogP contribution in [0.2, 0.25) is 0 Å². The molecule has 2 unspecified atom stereocenters. The molecule has 0 aliphatic carbocycles. The van der Waals surface area contributed by atoms with Gasteiger partial charge in [-0.05, 0) is 32.2 Å². The van der Waals surface area contributed by atoms with Crippen LogP contribution in [-0.4, -0.2) is 50.2 Å². The number of hydrogen-bond acceptors (Lipinski definition) is 3. The van der Waals surface area contributed by atoms with Crippen molar-refractivity contribution in [2.75, 3.05) is 33.4 Å². The summed E-state index contributed by atoms with van der Waals surface area (Å²) in [5.74, 6) is 0.669. The van der Waals surface area contributed by atoms with Gasteiger partial charge in [-0.1, -0.05) is 20.8 Å². The maximum atomic E-state index is 13.0. The van der Waals surface area contributed by atoms with Crippen LogP contribution in [0.5, 0.6) is 0 Å². The maximum Gasteiger partial charge on any atom is 0.230 e. The SMILES string of the molecule is CCC(C)N(CCOC)C(=O)C1(C(C)C)CCNC1. The zero-order valence-corrected chi connectivity index (χ0v) is 13.2. The van der Waals surface area contributed by atoms with E-state index in [-0.39, 0.29) is 11.5 Å². The van der Waals surface area contributed by atoms with E-state index in [1.807, 2.05) is 4.90 Å². The molecule has 1 aliphatic heterocycles. The highest BCUT2D eigenvalue weighted by Gasteiger charge is 2.46. The fourth-order valence-electron chi connectivity index (χ4n) is 2.85. The smallest absolute Gasteiger partial charge is 0.230 e. The molecule has 2 atom stereocenters. The van der Waals surface area contributed by atoms with Gasteiger partial charge in [-0.25, -0.2) is 0 Å². The van der Waals surface area contributed by atoms with Crippen molar-refractivity contribution < 1.29 is 9.53 Å². The second-order valence-electron chi connectivity index (χ2n) is 5.99. The second kappa shape index (κ2) is 7.25. The predicted octanol–water partition coefficient (Wildman–Crippen LogP) is 1.90. The molecule has 4 heteroatoms. The molecule has 0 bridgehead atoms. The summed E-state index contributed by atoms with van der Waals surface area (Å²) < 4.78 is 5.16. The number of nitrogens with one attached hydrogen (secondary N) is 1. The van der Waals surface area contributed by atoms with Crippen LogP contribution >= 0.6 is 0 Å². The Morgan fingerprint density at radius 1 is 1.42 bits per heavy atom. The van der Waals surface area contributed by atoms with Crippen molar-refractivity contribution in [3.05, 3.63) is 0 Å². The summed E-state index contributed by atoms with van der Waals surface area (Å²) in [6.45, 7) is 11.6. The van der Waals surface area contributed by atoms with Crippen LogP contribution in [0.3, 0.4) is 0 Å². The third kappa shape index (κ3) is 3.48. The van der Waals surface area contributed by atoms with E-state index in [1.165, 1.54) is 0 Å². The molecule has 1 aliphatic rings. The lowest BCUT2D eigenvalue weighted by Crippen LogP contribution is -2.52. The molecule has 112 valence electrons. The van der Waals surface area contributed by atoms with Gasteiger partial charge in [-0.3, -0.25) is 4.79 Å². The van der Waals surface area contributed by atoms with Gasteiger partial charge >= 0.3 is 0 Å². The van der Waals surface area contributed by atoms with E-state index in [0.717, 1.165) is 25.9 Å². The molecule has 1 amide bonds. The standard InChI is InChI=1S/C15H30N2O2/c1-6-13(4)17(9-10-19-5)14(18)15(12(2)3)7-8-16-11-15/h12-13,16H,6-11H2,1-5H3. The molecule has 0 saturated carbocycles. The van der Waals surface area contributed by atoms with E-state index in [0.29, 0.717) is 25.0 Å². The van der Waals surface area contributed by atoms with E-state index in [4.69, 9.17) is 4.74 Å². The molecule has 0 aromatic carbocycles. The van der Waals surface area contributed by atoms with Crippen LogP contribution in [0.4, 0.5) is 0 Å². The lowest BCUT2D eigenvalue weighted by Gasteiger charge is -2.39. The lowest BCUT2D eigenvalue weighted by molar-refractivity contribution is -0.146. The lowest BCUT2D eigenvalue weighted by atomic mass is 9.75. The molecule has 1 rings (SSSR count). The van der Waals surface area contributed by atoms with Crippen LogP contribution in [0.15, 0.2) is 0 Å². The van der Waals surface area contributed by atoms with Gasteiger partial charge in [0.25, 0.3) is 0 Å². The molecule has 1 fully saturated rings. The fraction of sp³-hybridized carbons (Fsp3) is 0.933. The van der Waals surface area contributed by atoms with Gasteiger partial charge in [-0.2, -0.15) is 0 Å². The highest BCUT2D eigenvalue weighted by molar-refractivity contribution is 5.84. The molecule has 1 saturated heterocycles. The van der Waals surface area contributed by atoms with Crippen LogP contribution in [0, 0.1) is 11.3 Å². The average Bonchev–Trinajstić information content (AvgIpc) is 2.89. The summed E-state index contributed by atoms with van der Waals surface area (Å²) in [5.41, 5.74) is -0.225. The summed E-state index contributed by atoms with van der Waals surface area (Å²) in [5, 5.41) is 3.36. The van der Waals surface area contributed by atoms with E-state index < -0.39 is 0 Å². The summed E-state index contributed by atoms with van der Waals surface area (Å²) in [6.07, 6.45) is 1.93. The Morgan fingerprint density at radius 2 is 2.11 bits per heavy atom. The quantitative estimate of drug-likeness (QED) is 0.768. The van der Waals surface area contributed by atoms with Crippen molar-refractivity contribution in [2.45, 2.75) is 46.6 Å². The molecule has 4 nitrogen and oxygen atoms in total. The first-order chi connectivity index (χ1) is 8.99. The highest BCUT2D eigenvalue weighted by atomic mass is 16.5. The largest absolute Gasteiger partial charge is 0.383 e. The second-order valence-corrected chi connectivity index (χ2v) is 5.99. The van der Waals surface area contributed by atoms with E-state index in [1.54, 1.807) is 7.11 Å².